The molecule has 0 aliphatic carbocycles. The number of nitrogens with one attached hydrogen (secondary N) is 2. The molecule has 0 bridgehead atoms. The van der Waals surface area contributed by atoms with Crippen LogP contribution in [0.4, 0.5) is 0 Å². The summed E-state index contributed by atoms with van der Waals surface area (Å²) in [4.78, 5) is 10.1. The van der Waals surface area contributed by atoms with Gasteiger partial charge >= 0.3 is 5.97 Å². The minimum atomic E-state index is -3.46. The van der Waals surface area contributed by atoms with Crippen molar-refractivity contribution in [2.75, 3.05) is 7.05 Å². The highest BCUT2D eigenvalue weighted by Gasteiger charge is 2.12. The summed E-state index contributed by atoms with van der Waals surface area (Å²) < 4.78 is 26.1. The summed E-state index contributed by atoms with van der Waals surface area (Å²) in [6, 6.07) is -0.381. The van der Waals surface area contributed by atoms with Gasteiger partial charge < -0.3 is 5.11 Å². The first kappa shape index (κ1) is 12.3. The van der Waals surface area contributed by atoms with Crippen LogP contribution in [0.25, 0.3) is 0 Å². The molecule has 0 amide bonds. The third-order valence-corrected chi connectivity index (χ3v) is 2.67. The first-order chi connectivity index (χ1) is 5.87. The number of hydrogen-bond donors (Lipinski definition) is 3. The number of carboxylic acids is 1. The van der Waals surface area contributed by atoms with Crippen molar-refractivity contribution in [2.45, 2.75) is 25.8 Å². The Morgan fingerprint density at radius 3 is 2.46 bits per heavy atom. The molecule has 6 nitrogen and oxygen atoms in total. The average molecular weight is 210 g/mol. The molecule has 1 unspecified atom stereocenters. The van der Waals surface area contributed by atoms with E-state index in [1.165, 1.54) is 7.05 Å². The monoisotopic (exact) mass is 210 g/mol. The van der Waals surface area contributed by atoms with E-state index in [0.717, 1.165) is 0 Å². The van der Waals surface area contributed by atoms with Crippen molar-refractivity contribution in [1.82, 2.24) is 9.44 Å². The Labute approximate surface area is 77.5 Å². The van der Waals surface area contributed by atoms with Gasteiger partial charge in [-0.15, -0.1) is 0 Å². The predicted octanol–water partition coefficient (Wildman–Crippen LogP) is -0.707. The number of rotatable bonds is 6. The molecule has 0 rings (SSSR count). The Hall–Kier alpha value is -0.660. The lowest BCUT2D eigenvalue weighted by Gasteiger charge is -2.11. The fourth-order valence-electron chi connectivity index (χ4n) is 0.723. The summed E-state index contributed by atoms with van der Waals surface area (Å²) in [7, 11) is -2.18. The van der Waals surface area contributed by atoms with E-state index < -0.39 is 16.2 Å². The van der Waals surface area contributed by atoms with E-state index in [1.54, 1.807) is 6.92 Å². The Morgan fingerprint density at radius 1 is 1.54 bits per heavy atom. The Kier molecular flexibility index (Phi) is 4.89. The molecule has 0 aliphatic heterocycles. The van der Waals surface area contributed by atoms with E-state index in [1.807, 2.05) is 0 Å². The molecule has 0 aromatic rings. The van der Waals surface area contributed by atoms with Crippen molar-refractivity contribution >= 4 is 16.2 Å². The maximum Gasteiger partial charge on any atom is 0.303 e. The molecule has 0 heterocycles. The fraction of sp³-hybridized carbons (Fsp3) is 0.833. The molecule has 3 N–H and O–H groups in total. The fourth-order valence-corrected chi connectivity index (χ4v) is 1.49. The van der Waals surface area contributed by atoms with Gasteiger partial charge in [-0.3, -0.25) is 4.79 Å². The van der Waals surface area contributed by atoms with Crippen LogP contribution < -0.4 is 9.44 Å². The summed E-state index contributed by atoms with van der Waals surface area (Å²) in [5, 5.41) is 8.33. The molecule has 13 heavy (non-hydrogen) atoms. The number of aliphatic carboxylic acids is 1. The van der Waals surface area contributed by atoms with E-state index in [-0.39, 0.29) is 18.9 Å². The van der Waals surface area contributed by atoms with Crippen LogP contribution in [0.3, 0.4) is 0 Å². The van der Waals surface area contributed by atoms with Crippen LogP contribution in [0.1, 0.15) is 19.8 Å². The standard InChI is InChI=1S/C6H14N2O4S/c1-5(3-4-6(9)10)8-13(11,12)7-2/h5,7-8H,3-4H2,1-2H3,(H,9,10). The highest BCUT2D eigenvalue weighted by Crippen LogP contribution is 1.97. The topological polar surface area (TPSA) is 95.5 Å². The quantitative estimate of drug-likeness (QED) is 0.540. The van der Waals surface area contributed by atoms with Gasteiger partial charge in [0.2, 0.25) is 0 Å². The lowest BCUT2D eigenvalue weighted by Crippen LogP contribution is -2.39. The van der Waals surface area contributed by atoms with Gasteiger partial charge in [0, 0.05) is 19.5 Å². The minimum Gasteiger partial charge on any atom is -0.481 e. The lowest BCUT2D eigenvalue weighted by molar-refractivity contribution is -0.137. The van der Waals surface area contributed by atoms with E-state index in [2.05, 4.69) is 9.44 Å². The van der Waals surface area contributed by atoms with E-state index in [4.69, 9.17) is 5.11 Å². The van der Waals surface area contributed by atoms with Crippen LogP contribution in [0.15, 0.2) is 0 Å². The van der Waals surface area contributed by atoms with Crippen LogP contribution in [0.5, 0.6) is 0 Å². The van der Waals surface area contributed by atoms with Gasteiger partial charge in [0.05, 0.1) is 0 Å². The lowest BCUT2D eigenvalue weighted by atomic mass is 10.2. The normalized spacial score (nSPS) is 14.0. The second-order valence-electron chi connectivity index (χ2n) is 2.66. The zero-order chi connectivity index (χ0) is 10.5. The number of hydrogen-bond acceptors (Lipinski definition) is 3. The van der Waals surface area contributed by atoms with Gasteiger partial charge in [-0.05, 0) is 13.3 Å². The van der Waals surface area contributed by atoms with Crippen LogP contribution in [0, 0.1) is 0 Å². The van der Waals surface area contributed by atoms with Crippen molar-refractivity contribution < 1.29 is 18.3 Å². The highest BCUT2D eigenvalue weighted by atomic mass is 32.2. The Morgan fingerprint density at radius 2 is 2.08 bits per heavy atom. The average Bonchev–Trinajstić information content (AvgIpc) is 2.00. The smallest absolute Gasteiger partial charge is 0.303 e. The molecule has 7 heteroatoms. The summed E-state index contributed by atoms with van der Waals surface area (Å²) in [5.74, 6) is -0.935. The van der Waals surface area contributed by atoms with E-state index in [0.29, 0.717) is 0 Å². The van der Waals surface area contributed by atoms with Crippen LogP contribution in [0.2, 0.25) is 0 Å². The third-order valence-electron chi connectivity index (χ3n) is 1.42. The molecule has 1 atom stereocenters. The first-order valence-electron chi connectivity index (χ1n) is 3.80. The SMILES string of the molecule is CNS(=O)(=O)NC(C)CCC(=O)O. The molecule has 0 radical (unpaired) electrons. The second kappa shape index (κ2) is 5.15. The maximum absolute atomic E-state index is 10.9. The predicted molar refractivity (Wildman–Crippen MR) is 47.4 cm³/mol. The molecule has 0 aliphatic rings. The van der Waals surface area contributed by atoms with Crippen LogP contribution >= 0.6 is 0 Å². The molecule has 0 saturated carbocycles. The number of carboxylic acid groups (broad SMARTS) is 1. The van der Waals surface area contributed by atoms with Crippen molar-refractivity contribution in [3.8, 4) is 0 Å². The highest BCUT2D eigenvalue weighted by molar-refractivity contribution is 7.87. The maximum atomic E-state index is 10.9. The molecular weight excluding hydrogens is 196 g/mol. The van der Waals surface area contributed by atoms with Crippen molar-refractivity contribution in [3.05, 3.63) is 0 Å². The second-order valence-corrected chi connectivity index (χ2v) is 4.31. The summed E-state index contributed by atoms with van der Waals surface area (Å²) in [6.07, 6.45) is 0.226. The van der Waals surface area contributed by atoms with Crippen molar-refractivity contribution in [1.29, 1.82) is 0 Å². The number of carbonyl (C=O) groups is 1. The molecule has 78 valence electrons. The van der Waals surface area contributed by atoms with Crippen molar-refractivity contribution in [2.24, 2.45) is 0 Å². The zero-order valence-electron chi connectivity index (χ0n) is 7.57. The summed E-state index contributed by atoms with van der Waals surface area (Å²) >= 11 is 0. The third kappa shape index (κ3) is 6.50. The van der Waals surface area contributed by atoms with E-state index >= 15 is 0 Å². The van der Waals surface area contributed by atoms with Gasteiger partial charge in [0.1, 0.15) is 0 Å². The van der Waals surface area contributed by atoms with Gasteiger partial charge in [-0.1, -0.05) is 0 Å². The van der Waals surface area contributed by atoms with Gasteiger partial charge in [-0.2, -0.15) is 13.1 Å². The Bertz CT molecular complexity index is 262. The summed E-state index contributed by atoms with van der Waals surface area (Å²) in [5.41, 5.74) is 0. The van der Waals surface area contributed by atoms with Crippen LogP contribution in [-0.4, -0.2) is 32.6 Å². The van der Waals surface area contributed by atoms with Gasteiger partial charge in [-0.25, -0.2) is 4.72 Å². The molecule has 0 aromatic carbocycles. The van der Waals surface area contributed by atoms with E-state index in [9.17, 15) is 13.2 Å². The molecule has 0 aromatic heterocycles. The zero-order valence-corrected chi connectivity index (χ0v) is 8.39. The minimum absolute atomic E-state index is 0.0482. The molecule has 0 saturated heterocycles. The van der Waals surface area contributed by atoms with Crippen LogP contribution in [-0.2, 0) is 15.0 Å². The van der Waals surface area contributed by atoms with Gasteiger partial charge in [0.15, 0.2) is 0 Å². The molecule has 0 spiro atoms. The van der Waals surface area contributed by atoms with Gasteiger partial charge in [0.25, 0.3) is 10.2 Å². The first-order valence-corrected chi connectivity index (χ1v) is 5.28. The Balaban J connectivity index is 3.88. The van der Waals surface area contributed by atoms with Crippen molar-refractivity contribution in [3.63, 3.8) is 0 Å². The summed E-state index contributed by atoms with van der Waals surface area (Å²) in [6.45, 7) is 1.61. The molecular formula is C6H14N2O4S. The molecule has 0 fully saturated rings. The largest absolute Gasteiger partial charge is 0.481 e.